The normalized spacial score (nSPS) is 11.2. The molecule has 11 heteroatoms. The van der Waals surface area contributed by atoms with Crippen LogP contribution >= 0.6 is 0 Å². The lowest BCUT2D eigenvalue weighted by Gasteiger charge is -2.10. The fraction of sp³-hybridized carbons (Fsp3) is 0.200. The van der Waals surface area contributed by atoms with Crippen molar-refractivity contribution < 1.29 is 32.5 Å². The number of aromatic nitrogens is 2. The van der Waals surface area contributed by atoms with E-state index in [0.717, 1.165) is 17.7 Å². The predicted octanol–water partition coefficient (Wildman–Crippen LogP) is 3.00. The van der Waals surface area contributed by atoms with Gasteiger partial charge in [-0.05, 0) is 48.4 Å². The highest BCUT2D eigenvalue weighted by Crippen LogP contribution is 2.27. The molecule has 4 N–H and O–H groups in total. The van der Waals surface area contributed by atoms with Gasteiger partial charge in [-0.3, -0.25) is 9.78 Å². The van der Waals surface area contributed by atoms with E-state index in [1.54, 1.807) is 24.3 Å². The molecule has 164 valence electrons. The summed E-state index contributed by atoms with van der Waals surface area (Å²) in [7, 11) is 0. The Morgan fingerprint density at radius 1 is 0.968 bits per heavy atom. The van der Waals surface area contributed by atoms with Crippen molar-refractivity contribution in [2.45, 2.75) is 19.2 Å². The molecule has 0 spiro atoms. The number of ether oxygens (including phenoxy) is 2. The molecule has 0 atom stereocenters. The number of hydrogen-bond acceptors (Lipinski definition) is 5. The molecule has 0 saturated carbocycles. The van der Waals surface area contributed by atoms with Gasteiger partial charge in [0.25, 0.3) is 0 Å². The summed E-state index contributed by atoms with van der Waals surface area (Å²) in [4.78, 5) is 27.4. The first-order valence-electron chi connectivity index (χ1n) is 9.07. The Labute approximate surface area is 173 Å². The fourth-order valence-corrected chi connectivity index (χ4v) is 2.68. The van der Waals surface area contributed by atoms with Crippen LogP contribution in [0.2, 0.25) is 0 Å². The zero-order valence-corrected chi connectivity index (χ0v) is 16.0. The Bertz CT molecular complexity index is 1070. The molecule has 0 saturated heterocycles. The maximum atomic E-state index is 12.2. The Morgan fingerprint density at radius 3 is 2.10 bits per heavy atom. The molecular formula is C20H18F3N3O5. The van der Waals surface area contributed by atoms with Crippen molar-refractivity contribution in [1.29, 1.82) is 0 Å². The van der Waals surface area contributed by atoms with Crippen LogP contribution < -0.4 is 20.5 Å². The lowest BCUT2D eigenvalue weighted by molar-refractivity contribution is -0.274. The molecule has 0 bridgehead atoms. The first-order valence-corrected chi connectivity index (χ1v) is 9.07. The summed E-state index contributed by atoms with van der Waals surface area (Å²) in [5, 5.41) is 12.1. The van der Waals surface area contributed by atoms with E-state index >= 15 is 0 Å². The number of halogens is 3. The number of H-pyrrole nitrogens is 2. The highest BCUT2D eigenvalue weighted by molar-refractivity contribution is 5.78. The number of benzene rings is 2. The van der Waals surface area contributed by atoms with Crippen molar-refractivity contribution in [3.63, 3.8) is 0 Å². The monoisotopic (exact) mass is 437 g/mol. The number of aromatic hydroxyl groups is 1. The molecule has 31 heavy (non-hydrogen) atoms. The van der Waals surface area contributed by atoms with E-state index in [4.69, 9.17) is 4.74 Å². The molecule has 0 unspecified atom stereocenters. The summed E-state index contributed by atoms with van der Waals surface area (Å²) < 4.78 is 45.9. The van der Waals surface area contributed by atoms with Gasteiger partial charge in [-0.25, -0.2) is 4.79 Å². The van der Waals surface area contributed by atoms with Crippen LogP contribution in [0.4, 0.5) is 13.2 Å². The topological polar surface area (TPSA) is 116 Å². The predicted molar refractivity (Wildman–Crippen MR) is 103 cm³/mol. The van der Waals surface area contributed by atoms with Gasteiger partial charge < -0.3 is 24.9 Å². The molecular weight excluding hydrogens is 419 g/mol. The lowest BCUT2D eigenvalue weighted by Crippen LogP contribution is -2.27. The summed E-state index contributed by atoms with van der Waals surface area (Å²) in [6.07, 6.45) is -4.38. The maximum absolute atomic E-state index is 12.2. The van der Waals surface area contributed by atoms with Crippen LogP contribution in [0.3, 0.4) is 0 Å². The molecule has 3 aromatic rings. The number of aromatic amines is 2. The molecule has 3 rings (SSSR count). The molecule has 0 aliphatic heterocycles. The van der Waals surface area contributed by atoms with Crippen LogP contribution in [0.25, 0.3) is 0 Å². The second-order valence-corrected chi connectivity index (χ2v) is 6.45. The first kappa shape index (κ1) is 21.8. The Kier molecular flexibility index (Phi) is 6.53. The van der Waals surface area contributed by atoms with Crippen LogP contribution in [0.5, 0.6) is 23.1 Å². The molecule has 0 aliphatic carbocycles. The number of imidazole rings is 1. The van der Waals surface area contributed by atoms with E-state index in [1.807, 2.05) is 0 Å². The van der Waals surface area contributed by atoms with E-state index in [9.17, 15) is 27.9 Å². The van der Waals surface area contributed by atoms with Gasteiger partial charge in [0.2, 0.25) is 11.8 Å². The quantitative estimate of drug-likeness (QED) is 0.432. The van der Waals surface area contributed by atoms with Gasteiger partial charge in [-0.2, -0.15) is 0 Å². The molecule has 0 fully saturated rings. The highest BCUT2D eigenvalue weighted by atomic mass is 19.4. The minimum absolute atomic E-state index is 0.113. The van der Waals surface area contributed by atoms with Crippen molar-refractivity contribution in [3.05, 3.63) is 70.3 Å². The summed E-state index contributed by atoms with van der Waals surface area (Å²) in [5.41, 5.74) is 0.440. The standard InChI is InChI=1S/C20H18F3N3O5/c21-20(22,23)31-15-7-5-14(6-8-15)30-13-3-1-12(2-4-13)9-10-24-17(27)11-16-18(28)26-19(29)25-16/h1-8,28H,9-11H2,(H,24,27)(H2,25,26,29). The lowest BCUT2D eigenvalue weighted by atomic mass is 10.1. The average Bonchev–Trinajstić information content (AvgIpc) is 3.00. The minimum Gasteiger partial charge on any atom is -0.493 e. The van der Waals surface area contributed by atoms with Crippen LogP contribution in [0.15, 0.2) is 53.3 Å². The van der Waals surface area contributed by atoms with Crippen LogP contribution in [-0.2, 0) is 17.6 Å². The fourth-order valence-electron chi connectivity index (χ4n) is 2.68. The van der Waals surface area contributed by atoms with Gasteiger partial charge in [0.1, 0.15) is 17.2 Å². The zero-order chi connectivity index (χ0) is 22.4. The molecule has 0 aliphatic rings. The van der Waals surface area contributed by atoms with Gasteiger partial charge in [0, 0.05) is 6.54 Å². The number of hydrogen-bond donors (Lipinski definition) is 4. The van der Waals surface area contributed by atoms with Gasteiger partial charge in [0.15, 0.2) is 0 Å². The Balaban J connectivity index is 1.45. The first-order chi connectivity index (χ1) is 14.7. The third kappa shape index (κ3) is 6.84. The number of carbonyl (C=O) groups excluding carboxylic acids is 1. The van der Waals surface area contributed by atoms with Gasteiger partial charge >= 0.3 is 12.1 Å². The number of amides is 1. The third-order valence-corrected chi connectivity index (χ3v) is 4.07. The van der Waals surface area contributed by atoms with Crippen LogP contribution in [0.1, 0.15) is 11.3 Å². The van der Waals surface area contributed by atoms with Crippen molar-refractivity contribution in [2.75, 3.05) is 6.54 Å². The summed E-state index contributed by atoms with van der Waals surface area (Å²) in [6, 6.07) is 12.0. The smallest absolute Gasteiger partial charge is 0.493 e. The van der Waals surface area contributed by atoms with Gasteiger partial charge in [-0.1, -0.05) is 12.1 Å². The van der Waals surface area contributed by atoms with E-state index in [1.165, 1.54) is 12.1 Å². The van der Waals surface area contributed by atoms with E-state index in [2.05, 4.69) is 20.0 Å². The number of carbonyl (C=O) groups is 1. The summed E-state index contributed by atoms with van der Waals surface area (Å²) in [6.45, 7) is 0.342. The number of nitrogens with one attached hydrogen (secondary N) is 3. The number of alkyl halides is 3. The molecule has 1 heterocycles. The maximum Gasteiger partial charge on any atom is 0.573 e. The van der Waals surface area contributed by atoms with Crippen molar-refractivity contribution in [2.24, 2.45) is 0 Å². The molecule has 2 aromatic carbocycles. The third-order valence-electron chi connectivity index (χ3n) is 4.07. The van der Waals surface area contributed by atoms with Gasteiger partial charge in [-0.15, -0.1) is 13.2 Å². The summed E-state index contributed by atoms with van der Waals surface area (Å²) in [5.74, 6) is -0.221. The second-order valence-electron chi connectivity index (χ2n) is 6.45. The molecule has 8 nitrogen and oxygen atoms in total. The van der Waals surface area contributed by atoms with Crippen molar-refractivity contribution >= 4 is 5.91 Å². The average molecular weight is 437 g/mol. The van der Waals surface area contributed by atoms with E-state index in [0.29, 0.717) is 24.5 Å². The molecule has 1 aromatic heterocycles. The minimum atomic E-state index is -4.75. The largest absolute Gasteiger partial charge is 0.573 e. The second kappa shape index (κ2) is 9.28. The summed E-state index contributed by atoms with van der Waals surface area (Å²) >= 11 is 0. The number of rotatable bonds is 8. The van der Waals surface area contributed by atoms with Crippen LogP contribution in [0, 0.1) is 0 Å². The highest BCUT2D eigenvalue weighted by Gasteiger charge is 2.30. The molecule has 1 amide bonds. The Morgan fingerprint density at radius 2 is 1.55 bits per heavy atom. The van der Waals surface area contributed by atoms with Crippen molar-refractivity contribution in [3.8, 4) is 23.1 Å². The van der Waals surface area contributed by atoms with Crippen molar-refractivity contribution in [1.82, 2.24) is 15.3 Å². The SMILES string of the molecule is O=C(Cc1[nH]c(=O)[nH]c1O)NCCc1ccc(Oc2ccc(OC(F)(F)F)cc2)cc1. The van der Waals surface area contributed by atoms with Gasteiger partial charge in [0.05, 0.1) is 12.1 Å². The van der Waals surface area contributed by atoms with Crippen LogP contribution in [-0.4, -0.2) is 33.9 Å². The van der Waals surface area contributed by atoms with E-state index < -0.39 is 12.1 Å². The zero-order valence-electron chi connectivity index (χ0n) is 16.0. The Hall–Kier alpha value is -3.89. The van der Waals surface area contributed by atoms with E-state index in [-0.39, 0.29) is 29.7 Å². The molecule has 0 radical (unpaired) electrons.